The second-order valence-electron chi connectivity index (χ2n) is 32.0. The van der Waals surface area contributed by atoms with Crippen molar-refractivity contribution in [1.29, 1.82) is 0 Å². The number of fused-ring (bicyclic) bond motifs is 14. The quantitative estimate of drug-likeness (QED) is 0.122. The molecule has 0 saturated carbocycles. The fourth-order valence-corrected chi connectivity index (χ4v) is 18.5. The van der Waals surface area contributed by atoms with Crippen molar-refractivity contribution in [2.75, 3.05) is 0 Å². The molecule has 1 saturated heterocycles. The van der Waals surface area contributed by atoms with E-state index >= 15 is 0 Å². The molecule has 20 aromatic carbocycles. The van der Waals surface area contributed by atoms with Crippen molar-refractivity contribution < 1.29 is 9.31 Å². The topological polar surface area (TPSA) is 78.8 Å². The van der Waals surface area contributed by atoms with Crippen molar-refractivity contribution in [3.63, 3.8) is 0 Å². The third-order valence-electron chi connectivity index (χ3n) is 24.7. The zero-order chi connectivity index (χ0) is 77.2. The summed E-state index contributed by atoms with van der Waals surface area (Å²) >= 11 is 3.57. The molecule has 1 aliphatic heterocycles. The number of hydrogen-bond acceptors (Lipinski definition) is 6. The lowest BCUT2D eigenvalue weighted by molar-refractivity contribution is 0.00578. The van der Waals surface area contributed by atoms with Crippen LogP contribution in [0.15, 0.2) is 356 Å². The number of hydrogen-bond donors (Lipinski definition) is 0. The van der Waals surface area contributed by atoms with Gasteiger partial charge in [-0.1, -0.05) is 271 Å². The van der Waals surface area contributed by atoms with Crippen LogP contribution in [-0.4, -0.2) is 47.1 Å². The molecule has 0 aliphatic carbocycles. The van der Waals surface area contributed by atoms with Gasteiger partial charge >= 0.3 is 7.12 Å². The Hall–Kier alpha value is -13.7. The summed E-state index contributed by atoms with van der Waals surface area (Å²) in [4.78, 5) is 20.3. The largest absolute Gasteiger partial charge is 0.494 e. The molecule has 0 bridgehead atoms. The minimum atomic E-state index is -0.377. The maximum absolute atomic E-state index is 6.27. The van der Waals surface area contributed by atoms with Crippen molar-refractivity contribution in [2.45, 2.75) is 38.9 Å². The molecule has 0 unspecified atom stereocenters. The number of rotatable bonds is 6. The lowest BCUT2D eigenvalue weighted by atomic mass is 9.78. The molecule has 25 rings (SSSR count). The maximum atomic E-state index is 6.27. The van der Waals surface area contributed by atoms with Crippen LogP contribution in [0, 0.1) is 0 Å². The lowest BCUT2D eigenvalue weighted by Crippen LogP contribution is -2.41. The summed E-state index contributed by atoms with van der Waals surface area (Å²) < 4.78 is 18.0. The number of imidazole rings is 2. The van der Waals surface area contributed by atoms with E-state index in [-0.39, 0.29) is 18.3 Å². The summed E-state index contributed by atoms with van der Waals surface area (Å²) in [5.41, 5.74) is 17.7. The van der Waals surface area contributed by atoms with Gasteiger partial charge in [-0.3, -0.25) is 8.80 Å². The molecule has 4 aromatic heterocycles. The summed E-state index contributed by atoms with van der Waals surface area (Å²) in [5, 5.41) is 27.7. The molecule has 0 amide bonds. The van der Waals surface area contributed by atoms with Crippen LogP contribution in [0.1, 0.15) is 27.7 Å². The minimum absolute atomic E-state index is 0.364. The lowest BCUT2D eigenvalue weighted by Gasteiger charge is -2.32. The Morgan fingerprint density at radius 3 is 1.04 bits per heavy atom. The standard InChI is InChI=1S/C50H29N3.C30H26BN3O2.C26H15Br/c1-2-9-44-43(8-1)50-52-45-10-3-4-11-46(45)53(50)49(51-44)40-21-19-36-27-34(15-17-38(36)29-40)33-14-16-37-28-39(20-18-35(37)26-33)41-24-22-32-13-12-30-6-5-7-31-23-25-42(41)48(32)47(30)31;1-29(2)30(3,4)36-31(35-29)22-16-15-19-17-21(14-13-20(19)18-22)27-32-24-10-6-5-9-23(24)28-33-25-11-7-8-12-26(25)34(27)28;27-22-11-8-19-14-21(7-6-20(19)15-22)23-12-9-18-5-4-16-2-1-3-17-10-13-24(23)26(18)25(16)17/h1-29H;5-18H,1-4H3;1-15H. The van der Waals surface area contributed by atoms with Gasteiger partial charge < -0.3 is 9.31 Å². The summed E-state index contributed by atoms with van der Waals surface area (Å²) in [7, 11) is -0.377. The van der Waals surface area contributed by atoms with E-state index in [2.05, 4.69) is 368 Å². The summed E-state index contributed by atoms with van der Waals surface area (Å²) in [6.45, 7) is 8.32. The van der Waals surface area contributed by atoms with Gasteiger partial charge in [-0.2, -0.15) is 0 Å². The van der Waals surface area contributed by atoms with Gasteiger partial charge in [0.15, 0.2) is 0 Å². The van der Waals surface area contributed by atoms with Gasteiger partial charge in [0.1, 0.15) is 22.9 Å². The van der Waals surface area contributed by atoms with E-state index < -0.39 is 0 Å². The number of nitrogens with zero attached hydrogens (tertiary/aromatic N) is 6. The molecule has 116 heavy (non-hydrogen) atoms. The van der Waals surface area contributed by atoms with E-state index in [9.17, 15) is 0 Å². The van der Waals surface area contributed by atoms with Crippen LogP contribution in [0.4, 0.5) is 0 Å². The zero-order valence-corrected chi connectivity index (χ0v) is 65.5. The fourth-order valence-electron chi connectivity index (χ4n) is 18.1. The van der Waals surface area contributed by atoms with Gasteiger partial charge in [0.2, 0.25) is 0 Å². The first-order chi connectivity index (χ1) is 56.8. The molecular formula is C106H70BBrN6O2. The number of para-hydroxylation sites is 6. The Morgan fingerprint density at radius 1 is 0.259 bits per heavy atom. The third kappa shape index (κ3) is 11.0. The van der Waals surface area contributed by atoms with Crippen LogP contribution >= 0.6 is 15.9 Å². The second-order valence-corrected chi connectivity index (χ2v) is 32.9. The zero-order valence-electron chi connectivity index (χ0n) is 63.9. The average molecular weight is 1550 g/mol. The van der Waals surface area contributed by atoms with Crippen LogP contribution in [-0.2, 0) is 9.31 Å². The predicted molar refractivity (Wildman–Crippen MR) is 490 cm³/mol. The third-order valence-corrected chi connectivity index (χ3v) is 25.2. The number of aromatic nitrogens is 6. The molecule has 546 valence electrons. The second kappa shape index (κ2) is 26.2. The van der Waals surface area contributed by atoms with Gasteiger partial charge in [0, 0.05) is 26.4 Å². The Bertz CT molecular complexity index is 8180. The van der Waals surface area contributed by atoms with Gasteiger partial charge in [-0.15, -0.1) is 0 Å². The van der Waals surface area contributed by atoms with E-state index in [0.717, 1.165) is 98.7 Å². The molecule has 10 heteroatoms. The van der Waals surface area contributed by atoms with Gasteiger partial charge in [-0.25, -0.2) is 19.9 Å². The first-order valence-electron chi connectivity index (χ1n) is 39.7. The molecule has 0 atom stereocenters. The monoisotopic (exact) mass is 1550 g/mol. The molecular weight excluding hydrogens is 1480 g/mol. The maximum Gasteiger partial charge on any atom is 0.494 e. The minimum Gasteiger partial charge on any atom is -0.399 e. The van der Waals surface area contributed by atoms with Crippen molar-refractivity contribution in [3.8, 4) is 56.2 Å². The van der Waals surface area contributed by atoms with Crippen molar-refractivity contribution in [2.24, 2.45) is 0 Å². The SMILES string of the molecule is Brc1ccc2cc(-c3ccc4ccc5cccc6ccc3c4c56)ccc2c1.CC1(C)OB(c2ccc3cc(-c4nc5ccccc5c5nc6ccccc6n45)ccc3c2)OC1(C)C.c1cc2ccc3ccc(-c4ccc5cc(-c6ccc7cc(-c8nc9ccccc9c9nc%10ccccc%10n89)ccc7c6)ccc5c4)c4ccc(c1)c2c34. The highest BCUT2D eigenvalue weighted by Gasteiger charge is 2.51. The Morgan fingerprint density at radius 2 is 0.586 bits per heavy atom. The van der Waals surface area contributed by atoms with Crippen LogP contribution in [0.2, 0.25) is 0 Å². The highest BCUT2D eigenvalue weighted by Crippen LogP contribution is 2.45. The Kier molecular flexibility index (Phi) is 15.3. The highest BCUT2D eigenvalue weighted by molar-refractivity contribution is 9.10. The fraction of sp³-hybridized carbons (Fsp3) is 0.0566. The smallest absolute Gasteiger partial charge is 0.399 e. The molecule has 0 radical (unpaired) electrons. The van der Waals surface area contributed by atoms with E-state index in [1.54, 1.807) is 0 Å². The molecule has 0 N–H and O–H groups in total. The molecule has 8 nitrogen and oxygen atoms in total. The van der Waals surface area contributed by atoms with Crippen LogP contribution in [0.3, 0.4) is 0 Å². The summed E-state index contributed by atoms with van der Waals surface area (Å²) in [6, 6.07) is 127. The average Bonchev–Trinajstić information content (AvgIpc) is 0.880. The number of benzene rings is 20. The van der Waals surface area contributed by atoms with Crippen LogP contribution < -0.4 is 5.46 Å². The van der Waals surface area contributed by atoms with Crippen LogP contribution in [0.25, 0.3) is 219 Å². The Labute approximate surface area is 676 Å². The molecule has 1 fully saturated rings. The van der Waals surface area contributed by atoms with E-state index in [1.165, 1.54) is 130 Å². The molecule has 0 spiro atoms. The number of halogens is 1. The van der Waals surface area contributed by atoms with Crippen LogP contribution in [0.5, 0.6) is 0 Å². The van der Waals surface area contributed by atoms with Gasteiger partial charge in [0.05, 0.1) is 44.3 Å². The summed E-state index contributed by atoms with van der Waals surface area (Å²) in [5.74, 6) is 1.78. The summed E-state index contributed by atoms with van der Waals surface area (Å²) in [6.07, 6.45) is 0. The Balaban J connectivity index is 0.000000109. The molecule has 1 aliphatic rings. The highest BCUT2D eigenvalue weighted by atomic mass is 79.9. The van der Waals surface area contributed by atoms with Crippen molar-refractivity contribution >= 4 is 191 Å². The first kappa shape index (κ1) is 67.9. The van der Waals surface area contributed by atoms with Gasteiger partial charge in [0.25, 0.3) is 0 Å². The van der Waals surface area contributed by atoms with Gasteiger partial charge in [-0.05, 0) is 271 Å². The predicted octanol–water partition coefficient (Wildman–Crippen LogP) is 27.6. The molecule has 24 aromatic rings. The van der Waals surface area contributed by atoms with Crippen molar-refractivity contribution in [1.82, 2.24) is 28.7 Å². The van der Waals surface area contributed by atoms with E-state index in [1.807, 2.05) is 36.4 Å². The van der Waals surface area contributed by atoms with E-state index in [0.29, 0.717) is 0 Å². The van der Waals surface area contributed by atoms with E-state index in [4.69, 9.17) is 29.2 Å². The van der Waals surface area contributed by atoms with Crippen molar-refractivity contribution in [3.05, 3.63) is 356 Å². The molecule has 5 heterocycles. The normalized spacial score (nSPS) is 13.6. The first-order valence-corrected chi connectivity index (χ1v) is 40.4.